The summed E-state index contributed by atoms with van der Waals surface area (Å²) in [7, 11) is 0. The van der Waals surface area contributed by atoms with E-state index < -0.39 is 0 Å². The van der Waals surface area contributed by atoms with Crippen LogP contribution < -0.4 is 10.5 Å². The fourth-order valence-electron chi connectivity index (χ4n) is 2.34. The van der Waals surface area contributed by atoms with Gasteiger partial charge in [0.05, 0.1) is 6.61 Å². The molecule has 0 aliphatic heterocycles. The van der Waals surface area contributed by atoms with Crippen LogP contribution in [0.25, 0.3) is 0 Å². The van der Waals surface area contributed by atoms with Crippen molar-refractivity contribution in [3.63, 3.8) is 0 Å². The SMILES string of the molecule is CCOc1cc(N)cc(C(=O)N(CC(C)C)C2CC2)c1. The van der Waals surface area contributed by atoms with Crippen molar-refractivity contribution in [3.05, 3.63) is 23.8 Å². The molecule has 1 aromatic rings. The van der Waals surface area contributed by atoms with Crippen molar-refractivity contribution in [2.75, 3.05) is 18.9 Å². The van der Waals surface area contributed by atoms with Crippen molar-refractivity contribution >= 4 is 11.6 Å². The van der Waals surface area contributed by atoms with Crippen molar-refractivity contribution in [1.29, 1.82) is 0 Å². The molecule has 110 valence electrons. The summed E-state index contributed by atoms with van der Waals surface area (Å²) in [4.78, 5) is 14.7. The number of amides is 1. The molecular weight excluding hydrogens is 252 g/mol. The summed E-state index contributed by atoms with van der Waals surface area (Å²) in [5.41, 5.74) is 7.06. The molecule has 0 atom stereocenters. The number of carbonyl (C=O) groups excluding carboxylic acids is 1. The van der Waals surface area contributed by atoms with Crippen LogP contribution in [0.15, 0.2) is 18.2 Å². The van der Waals surface area contributed by atoms with Gasteiger partial charge in [0, 0.05) is 29.9 Å². The van der Waals surface area contributed by atoms with E-state index in [9.17, 15) is 4.79 Å². The number of carbonyl (C=O) groups is 1. The molecule has 0 bridgehead atoms. The number of nitrogen functional groups attached to an aromatic ring is 1. The molecule has 0 radical (unpaired) electrons. The molecule has 4 heteroatoms. The fourth-order valence-corrected chi connectivity index (χ4v) is 2.34. The van der Waals surface area contributed by atoms with Crippen LogP contribution in [0.1, 0.15) is 44.0 Å². The Morgan fingerprint density at radius 2 is 2.10 bits per heavy atom. The Morgan fingerprint density at radius 1 is 1.40 bits per heavy atom. The number of nitrogens with two attached hydrogens (primary N) is 1. The number of hydrogen-bond donors (Lipinski definition) is 1. The summed E-state index contributed by atoms with van der Waals surface area (Å²) >= 11 is 0. The van der Waals surface area contributed by atoms with Crippen LogP contribution in [0, 0.1) is 5.92 Å². The number of ether oxygens (including phenoxy) is 1. The molecule has 1 saturated carbocycles. The van der Waals surface area contributed by atoms with Gasteiger partial charge in [-0.15, -0.1) is 0 Å². The van der Waals surface area contributed by atoms with E-state index in [1.54, 1.807) is 18.2 Å². The highest BCUT2D eigenvalue weighted by Gasteiger charge is 2.33. The molecule has 1 amide bonds. The second-order valence-electron chi connectivity index (χ2n) is 5.81. The molecule has 4 nitrogen and oxygen atoms in total. The smallest absolute Gasteiger partial charge is 0.254 e. The van der Waals surface area contributed by atoms with Gasteiger partial charge in [-0.25, -0.2) is 0 Å². The maximum absolute atomic E-state index is 12.7. The summed E-state index contributed by atoms with van der Waals surface area (Å²) in [5.74, 6) is 1.19. The Balaban J connectivity index is 2.21. The van der Waals surface area contributed by atoms with E-state index in [4.69, 9.17) is 10.5 Å². The predicted octanol–water partition coefficient (Wildman–Crippen LogP) is 2.93. The Morgan fingerprint density at radius 3 is 2.65 bits per heavy atom. The quantitative estimate of drug-likeness (QED) is 0.813. The second-order valence-corrected chi connectivity index (χ2v) is 5.81. The Bertz CT molecular complexity index is 481. The average molecular weight is 276 g/mol. The third-order valence-electron chi connectivity index (χ3n) is 3.30. The molecule has 1 aliphatic rings. The lowest BCUT2D eigenvalue weighted by atomic mass is 10.1. The van der Waals surface area contributed by atoms with Gasteiger partial charge in [0.15, 0.2) is 0 Å². The zero-order chi connectivity index (χ0) is 14.7. The summed E-state index contributed by atoms with van der Waals surface area (Å²) in [6.45, 7) is 7.54. The standard InChI is InChI=1S/C16H24N2O2/c1-4-20-15-8-12(7-13(17)9-15)16(19)18(10-11(2)3)14-5-6-14/h7-9,11,14H,4-6,10,17H2,1-3H3. The van der Waals surface area contributed by atoms with E-state index in [2.05, 4.69) is 13.8 Å². The maximum atomic E-state index is 12.7. The first-order valence-corrected chi connectivity index (χ1v) is 7.35. The molecule has 20 heavy (non-hydrogen) atoms. The van der Waals surface area contributed by atoms with E-state index >= 15 is 0 Å². The molecular formula is C16H24N2O2. The second kappa shape index (κ2) is 6.16. The molecule has 2 N–H and O–H groups in total. The van der Waals surface area contributed by atoms with Crippen LogP contribution in [-0.2, 0) is 0 Å². The zero-order valence-corrected chi connectivity index (χ0v) is 12.6. The summed E-state index contributed by atoms with van der Waals surface area (Å²) in [6.07, 6.45) is 2.22. The molecule has 1 aromatic carbocycles. The van der Waals surface area contributed by atoms with Gasteiger partial charge in [-0.2, -0.15) is 0 Å². The summed E-state index contributed by atoms with van der Waals surface area (Å²) < 4.78 is 5.46. The van der Waals surface area contributed by atoms with E-state index in [1.807, 2.05) is 11.8 Å². The first-order valence-electron chi connectivity index (χ1n) is 7.35. The number of hydrogen-bond acceptors (Lipinski definition) is 3. The number of benzene rings is 1. The number of rotatable bonds is 6. The third-order valence-corrected chi connectivity index (χ3v) is 3.30. The van der Waals surface area contributed by atoms with Gasteiger partial charge in [0.1, 0.15) is 5.75 Å². The first kappa shape index (κ1) is 14.7. The Hall–Kier alpha value is -1.71. The van der Waals surface area contributed by atoms with Crippen LogP contribution >= 0.6 is 0 Å². The molecule has 0 heterocycles. The first-order chi connectivity index (χ1) is 9.51. The van der Waals surface area contributed by atoms with Crippen molar-refractivity contribution < 1.29 is 9.53 Å². The lowest BCUT2D eigenvalue weighted by Gasteiger charge is -2.25. The van der Waals surface area contributed by atoms with Gasteiger partial charge < -0.3 is 15.4 Å². The minimum Gasteiger partial charge on any atom is -0.494 e. The third kappa shape index (κ3) is 3.65. The van der Waals surface area contributed by atoms with Crippen LogP contribution in [0.2, 0.25) is 0 Å². The van der Waals surface area contributed by atoms with Gasteiger partial charge in [0.2, 0.25) is 0 Å². The van der Waals surface area contributed by atoms with Gasteiger partial charge >= 0.3 is 0 Å². The minimum absolute atomic E-state index is 0.0643. The zero-order valence-electron chi connectivity index (χ0n) is 12.6. The normalized spacial score (nSPS) is 14.4. The van der Waals surface area contributed by atoms with Crippen molar-refractivity contribution in [2.45, 2.75) is 39.7 Å². The molecule has 1 aliphatic carbocycles. The fraction of sp³-hybridized carbons (Fsp3) is 0.562. The highest BCUT2D eigenvalue weighted by Crippen LogP contribution is 2.30. The van der Waals surface area contributed by atoms with Gasteiger partial charge in [-0.05, 0) is 37.8 Å². The van der Waals surface area contributed by atoms with Gasteiger partial charge in [-0.3, -0.25) is 4.79 Å². The largest absolute Gasteiger partial charge is 0.494 e. The van der Waals surface area contributed by atoms with E-state index in [-0.39, 0.29) is 5.91 Å². The lowest BCUT2D eigenvalue weighted by molar-refractivity contribution is 0.0722. The molecule has 0 unspecified atom stereocenters. The summed E-state index contributed by atoms with van der Waals surface area (Å²) in [6, 6.07) is 5.68. The topological polar surface area (TPSA) is 55.6 Å². The minimum atomic E-state index is 0.0643. The molecule has 0 saturated heterocycles. The monoisotopic (exact) mass is 276 g/mol. The van der Waals surface area contributed by atoms with Gasteiger partial charge in [-0.1, -0.05) is 13.8 Å². The number of anilines is 1. The van der Waals surface area contributed by atoms with Crippen molar-refractivity contribution in [1.82, 2.24) is 4.90 Å². The van der Waals surface area contributed by atoms with E-state index in [0.717, 1.165) is 19.4 Å². The molecule has 1 fully saturated rings. The van der Waals surface area contributed by atoms with E-state index in [1.165, 1.54) is 0 Å². The highest BCUT2D eigenvalue weighted by atomic mass is 16.5. The van der Waals surface area contributed by atoms with Gasteiger partial charge in [0.25, 0.3) is 5.91 Å². The van der Waals surface area contributed by atoms with Crippen LogP contribution in [-0.4, -0.2) is 30.0 Å². The maximum Gasteiger partial charge on any atom is 0.254 e. The van der Waals surface area contributed by atoms with E-state index in [0.29, 0.717) is 35.6 Å². The number of nitrogens with zero attached hydrogens (tertiary/aromatic N) is 1. The summed E-state index contributed by atoms with van der Waals surface area (Å²) in [5, 5.41) is 0. The average Bonchev–Trinajstić information content (AvgIpc) is 3.19. The van der Waals surface area contributed by atoms with Crippen LogP contribution in [0.4, 0.5) is 5.69 Å². The Labute approximate surface area is 120 Å². The van der Waals surface area contributed by atoms with Crippen molar-refractivity contribution in [2.24, 2.45) is 5.92 Å². The predicted molar refractivity (Wildman–Crippen MR) is 80.9 cm³/mol. The molecule has 0 aromatic heterocycles. The lowest BCUT2D eigenvalue weighted by Crippen LogP contribution is -2.36. The highest BCUT2D eigenvalue weighted by molar-refractivity contribution is 5.96. The molecule has 0 spiro atoms. The molecule has 2 rings (SSSR count). The Kier molecular flexibility index (Phi) is 4.53. The van der Waals surface area contributed by atoms with Crippen LogP contribution in [0.5, 0.6) is 5.75 Å². The van der Waals surface area contributed by atoms with Crippen molar-refractivity contribution in [3.8, 4) is 5.75 Å². The van der Waals surface area contributed by atoms with Crippen LogP contribution in [0.3, 0.4) is 0 Å².